The minimum atomic E-state index is -4.50. The van der Waals surface area contributed by atoms with Crippen molar-refractivity contribution in [1.82, 2.24) is 4.98 Å². The van der Waals surface area contributed by atoms with Crippen molar-refractivity contribution < 1.29 is 18.1 Å². The number of nitrogen functional groups attached to an aromatic ring is 1. The predicted molar refractivity (Wildman–Crippen MR) is 63.8 cm³/mol. The quantitative estimate of drug-likeness (QED) is 0.675. The largest absolute Gasteiger partial charge is 0.405 e. The van der Waals surface area contributed by atoms with Crippen molar-refractivity contribution in [3.8, 4) is 0 Å². The van der Waals surface area contributed by atoms with Crippen molar-refractivity contribution in [1.29, 1.82) is 0 Å². The van der Waals surface area contributed by atoms with Gasteiger partial charge in [0.1, 0.15) is 12.4 Å². The van der Waals surface area contributed by atoms with Crippen LogP contribution in [0.2, 0.25) is 0 Å². The van der Waals surface area contributed by atoms with Crippen molar-refractivity contribution in [3.05, 3.63) is 22.2 Å². The van der Waals surface area contributed by atoms with Crippen LogP contribution in [0.25, 0.3) is 0 Å². The predicted octanol–water partition coefficient (Wildman–Crippen LogP) is 2.35. The monoisotopic (exact) mass is 278 g/mol. The third-order valence-corrected chi connectivity index (χ3v) is 2.32. The number of alkyl halides is 3. The first-order chi connectivity index (χ1) is 8.61. The highest BCUT2D eigenvalue weighted by Gasteiger charge is 2.35. The molecule has 0 aliphatic rings. The van der Waals surface area contributed by atoms with Gasteiger partial charge in [0.2, 0.25) is 5.82 Å². The van der Waals surface area contributed by atoms with Crippen LogP contribution in [0.4, 0.5) is 30.5 Å². The zero-order valence-electron chi connectivity index (χ0n) is 10.3. The van der Waals surface area contributed by atoms with Gasteiger partial charge in [0.25, 0.3) is 0 Å². The Morgan fingerprint density at radius 3 is 2.47 bits per heavy atom. The topological polar surface area (TPSA) is 85.3 Å². The van der Waals surface area contributed by atoms with Crippen LogP contribution < -0.4 is 10.6 Å². The van der Waals surface area contributed by atoms with E-state index < -0.39 is 29.4 Å². The normalized spacial score (nSPS) is 11.7. The van der Waals surface area contributed by atoms with E-state index in [0.717, 1.165) is 11.0 Å². The van der Waals surface area contributed by atoms with E-state index in [9.17, 15) is 23.3 Å². The molecule has 9 heteroatoms. The summed E-state index contributed by atoms with van der Waals surface area (Å²) in [7, 11) is 0. The number of hydrogen-bond donors (Lipinski definition) is 1. The lowest BCUT2D eigenvalue weighted by atomic mass is 10.2. The molecule has 0 atom stereocenters. The van der Waals surface area contributed by atoms with Crippen molar-refractivity contribution in [2.24, 2.45) is 0 Å². The summed E-state index contributed by atoms with van der Waals surface area (Å²) in [6.07, 6.45) is -4.50. The van der Waals surface area contributed by atoms with Gasteiger partial charge in [0.15, 0.2) is 0 Å². The Hall–Kier alpha value is -2.06. The fourth-order valence-electron chi connectivity index (χ4n) is 1.50. The van der Waals surface area contributed by atoms with Gasteiger partial charge in [-0.2, -0.15) is 13.2 Å². The number of anilines is 2. The second-order valence-corrected chi connectivity index (χ2v) is 4.17. The summed E-state index contributed by atoms with van der Waals surface area (Å²) in [5, 5.41) is 10.8. The number of halogens is 3. The third-order valence-electron chi connectivity index (χ3n) is 2.32. The minimum absolute atomic E-state index is 0.0755. The fraction of sp³-hybridized carbons (Fsp3) is 0.500. The summed E-state index contributed by atoms with van der Waals surface area (Å²) in [4.78, 5) is 14.5. The number of pyridine rings is 1. The van der Waals surface area contributed by atoms with Gasteiger partial charge in [-0.25, -0.2) is 4.98 Å². The van der Waals surface area contributed by atoms with Crippen LogP contribution >= 0.6 is 0 Å². The smallest absolute Gasteiger partial charge is 0.384 e. The van der Waals surface area contributed by atoms with E-state index in [2.05, 4.69) is 4.98 Å². The van der Waals surface area contributed by atoms with E-state index in [1.807, 2.05) is 0 Å². The molecule has 0 aliphatic carbocycles. The molecular weight excluding hydrogens is 265 g/mol. The van der Waals surface area contributed by atoms with Gasteiger partial charge >= 0.3 is 11.9 Å². The average molecular weight is 278 g/mol. The molecule has 0 bridgehead atoms. The number of nitrogens with zero attached hydrogens (tertiary/aromatic N) is 3. The van der Waals surface area contributed by atoms with Crippen molar-refractivity contribution in [2.45, 2.75) is 26.1 Å². The molecule has 0 saturated carbocycles. The van der Waals surface area contributed by atoms with E-state index in [-0.39, 0.29) is 11.6 Å². The fourth-order valence-corrected chi connectivity index (χ4v) is 1.50. The van der Waals surface area contributed by atoms with E-state index >= 15 is 0 Å². The van der Waals surface area contributed by atoms with Crippen LogP contribution in [0.15, 0.2) is 12.1 Å². The highest BCUT2D eigenvalue weighted by Crippen LogP contribution is 2.31. The second kappa shape index (κ2) is 5.29. The van der Waals surface area contributed by atoms with Crippen molar-refractivity contribution in [2.75, 3.05) is 17.2 Å². The zero-order chi connectivity index (χ0) is 14.8. The molecule has 2 N–H and O–H groups in total. The SMILES string of the molecule is CC(C)N(CC(F)(F)F)c1nc(N)ccc1[N+](=O)[O-]. The molecule has 0 saturated heterocycles. The van der Waals surface area contributed by atoms with E-state index in [1.165, 1.54) is 19.9 Å². The maximum atomic E-state index is 12.5. The lowest BCUT2D eigenvalue weighted by Crippen LogP contribution is -2.40. The first kappa shape index (κ1) is 15.0. The maximum absolute atomic E-state index is 12.5. The molecule has 0 fully saturated rings. The van der Waals surface area contributed by atoms with Crippen LogP contribution in [0.3, 0.4) is 0 Å². The number of nitrogens with two attached hydrogens (primary N) is 1. The molecule has 1 heterocycles. The van der Waals surface area contributed by atoms with Crippen LogP contribution in [0.5, 0.6) is 0 Å². The highest BCUT2D eigenvalue weighted by atomic mass is 19.4. The first-order valence-corrected chi connectivity index (χ1v) is 5.36. The number of hydrogen-bond acceptors (Lipinski definition) is 5. The molecule has 0 amide bonds. The zero-order valence-corrected chi connectivity index (χ0v) is 10.3. The van der Waals surface area contributed by atoms with Crippen LogP contribution in [-0.2, 0) is 0 Å². The summed E-state index contributed by atoms with van der Waals surface area (Å²) in [5.41, 5.74) is 4.88. The molecule has 1 aromatic heterocycles. The second-order valence-electron chi connectivity index (χ2n) is 4.17. The molecule has 1 aromatic rings. The molecular formula is C10H13F3N4O2. The van der Waals surface area contributed by atoms with Gasteiger partial charge in [0.05, 0.1) is 4.92 Å². The Kier molecular flexibility index (Phi) is 4.17. The highest BCUT2D eigenvalue weighted by molar-refractivity contribution is 5.61. The van der Waals surface area contributed by atoms with Crippen molar-refractivity contribution in [3.63, 3.8) is 0 Å². The maximum Gasteiger partial charge on any atom is 0.405 e. The van der Waals surface area contributed by atoms with Gasteiger partial charge in [0, 0.05) is 12.1 Å². The van der Waals surface area contributed by atoms with Crippen LogP contribution in [-0.4, -0.2) is 28.7 Å². The molecule has 1 rings (SSSR count). The van der Waals surface area contributed by atoms with Crippen molar-refractivity contribution >= 4 is 17.3 Å². The van der Waals surface area contributed by atoms with E-state index in [0.29, 0.717) is 0 Å². The molecule has 0 radical (unpaired) electrons. The van der Waals surface area contributed by atoms with Crippen LogP contribution in [0.1, 0.15) is 13.8 Å². The summed E-state index contributed by atoms with van der Waals surface area (Å²) < 4.78 is 37.5. The molecule has 19 heavy (non-hydrogen) atoms. The van der Waals surface area contributed by atoms with E-state index in [4.69, 9.17) is 5.73 Å². The summed E-state index contributed by atoms with van der Waals surface area (Å²) in [6.45, 7) is 1.64. The Balaban J connectivity index is 3.29. The van der Waals surface area contributed by atoms with Gasteiger partial charge < -0.3 is 10.6 Å². The third kappa shape index (κ3) is 3.97. The summed E-state index contributed by atoms with van der Waals surface area (Å²) >= 11 is 0. The van der Waals surface area contributed by atoms with Gasteiger partial charge in [-0.3, -0.25) is 10.1 Å². The first-order valence-electron chi connectivity index (χ1n) is 5.36. The Bertz CT molecular complexity index is 476. The lowest BCUT2D eigenvalue weighted by molar-refractivity contribution is -0.384. The average Bonchev–Trinajstić information content (AvgIpc) is 2.23. The Morgan fingerprint density at radius 1 is 1.47 bits per heavy atom. The molecule has 0 aromatic carbocycles. The molecule has 0 aliphatic heterocycles. The molecule has 0 spiro atoms. The molecule has 0 unspecified atom stereocenters. The van der Waals surface area contributed by atoms with Gasteiger partial charge in [-0.15, -0.1) is 0 Å². The summed E-state index contributed by atoms with van der Waals surface area (Å²) in [6, 6.07) is 1.60. The van der Waals surface area contributed by atoms with Gasteiger partial charge in [-0.05, 0) is 19.9 Å². The molecule has 106 valence electrons. The minimum Gasteiger partial charge on any atom is -0.384 e. The summed E-state index contributed by atoms with van der Waals surface area (Å²) in [5.74, 6) is -0.453. The molecule has 6 nitrogen and oxygen atoms in total. The van der Waals surface area contributed by atoms with Gasteiger partial charge in [-0.1, -0.05) is 0 Å². The standard InChI is InChI=1S/C10H13F3N4O2/c1-6(2)16(5-10(11,12)13)9-7(17(18)19)3-4-8(14)15-9/h3-4,6H,5H2,1-2H3,(H2,14,15). The van der Waals surface area contributed by atoms with E-state index in [1.54, 1.807) is 0 Å². The van der Waals surface area contributed by atoms with Crippen LogP contribution in [0, 0.1) is 10.1 Å². The Morgan fingerprint density at radius 2 is 2.05 bits per heavy atom. The number of rotatable bonds is 4. The lowest BCUT2D eigenvalue weighted by Gasteiger charge is -2.28. The Labute approximate surface area is 107 Å². The number of aromatic nitrogens is 1. The number of nitro groups is 1.